The molecule has 1 atom stereocenters. The van der Waals surface area contributed by atoms with Crippen molar-refractivity contribution in [2.24, 2.45) is 0 Å². The first-order valence-corrected chi connectivity index (χ1v) is 10.1. The molecule has 0 saturated carbocycles. The van der Waals surface area contributed by atoms with Crippen LogP contribution in [0, 0.1) is 0 Å². The lowest BCUT2D eigenvalue weighted by Gasteiger charge is -2.10. The van der Waals surface area contributed by atoms with Crippen molar-refractivity contribution < 1.29 is 18.7 Å². The van der Waals surface area contributed by atoms with Crippen LogP contribution >= 0.6 is 11.8 Å². The highest BCUT2D eigenvalue weighted by molar-refractivity contribution is 8.00. The normalized spacial score (nSPS) is 11.7. The zero-order chi connectivity index (χ0) is 20.6. The van der Waals surface area contributed by atoms with Gasteiger partial charge in [0, 0.05) is 12.1 Å². The maximum Gasteiger partial charge on any atom is 0.277 e. The summed E-state index contributed by atoms with van der Waals surface area (Å²) in [7, 11) is 1.62. The topological polar surface area (TPSA) is 86.5 Å². The zero-order valence-corrected chi connectivity index (χ0v) is 17.4. The van der Waals surface area contributed by atoms with Crippen molar-refractivity contribution in [3.63, 3.8) is 0 Å². The van der Waals surface area contributed by atoms with Crippen LogP contribution in [0.3, 0.4) is 0 Å². The first-order valence-electron chi connectivity index (χ1n) is 9.23. The molecule has 0 bridgehead atoms. The van der Waals surface area contributed by atoms with Crippen LogP contribution in [0.1, 0.15) is 19.4 Å². The molecular weight excluding hydrogens is 390 g/mol. The second-order valence-electron chi connectivity index (χ2n) is 6.16. The Morgan fingerprint density at radius 3 is 2.45 bits per heavy atom. The van der Waals surface area contributed by atoms with E-state index in [4.69, 9.17) is 13.9 Å². The van der Waals surface area contributed by atoms with Crippen molar-refractivity contribution in [2.75, 3.05) is 13.7 Å². The second-order valence-corrected chi connectivity index (χ2v) is 7.45. The van der Waals surface area contributed by atoms with Gasteiger partial charge in [0.2, 0.25) is 11.8 Å². The first kappa shape index (κ1) is 20.7. The lowest BCUT2D eigenvalue weighted by molar-refractivity contribution is -0.120. The molecule has 0 radical (unpaired) electrons. The number of ether oxygens (including phenoxy) is 2. The number of hydrogen-bond donors (Lipinski definition) is 1. The molecule has 29 heavy (non-hydrogen) atoms. The molecule has 152 valence electrons. The number of thioether (sulfide) groups is 1. The highest BCUT2D eigenvalue weighted by Gasteiger charge is 2.18. The maximum absolute atomic E-state index is 12.4. The molecule has 1 N–H and O–H groups in total. The number of carbonyl (C=O) groups is 1. The minimum Gasteiger partial charge on any atom is -0.497 e. The van der Waals surface area contributed by atoms with Crippen molar-refractivity contribution in [3.8, 4) is 23.0 Å². The van der Waals surface area contributed by atoms with Gasteiger partial charge in [0.1, 0.15) is 11.5 Å². The molecule has 0 spiro atoms. The van der Waals surface area contributed by atoms with Gasteiger partial charge in [0.25, 0.3) is 5.22 Å². The van der Waals surface area contributed by atoms with Crippen molar-refractivity contribution in [2.45, 2.75) is 30.9 Å². The average Bonchev–Trinajstić information content (AvgIpc) is 3.21. The monoisotopic (exact) mass is 413 g/mol. The third-order valence-electron chi connectivity index (χ3n) is 4.09. The Morgan fingerprint density at radius 2 is 1.79 bits per heavy atom. The third-order valence-corrected chi connectivity index (χ3v) is 5.03. The highest BCUT2D eigenvalue weighted by atomic mass is 32.2. The Balaban J connectivity index is 1.53. The Morgan fingerprint density at radius 1 is 1.10 bits per heavy atom. The van der Waals surface area contributed by atoms with E-state index in [1.165, 1.54) is 11.8 Å². The van der Waals surface area contributed by atoms with Crippen LogP contribution in [0.15, 0.2) is 58.2 Å². The van der Waals surface area contributed by atoms with Crippen LogP contribution in [-0.4, -0.2) is 35.1 Å². The van der Waals surface area contributed by atoms with E-state index in [0.717, 1.165) is 22.6 Å². The van der Waals surface area contributed by atoms with Gasteiger partial charge >= 0.3 is 0 Å². The fraction of sp³-hybridized carbons (Fsp3) is 0.286. The average molecular weight is 413 g/mol. The van der Waals surface area contributed by atoms with E-state index in [1.807, 2.05) is 55.5 Å². The van der Waals surface area contributed by atoms with Crippen molar-refractivity contribution >= 4 is 17.7 Å². The number of hydrogen-bond acceptors (Lipinski definition) is 7. The maximum atomic E-state index is 12.4. The van der Waals surface area contributed by atoms with Gasteiger partial charge in [-0.15, -0.1) is 10.2 Å². The summed E-state index contributed by atoms with van der Waals surface area (Å²) >= 11 is 1.22. The van der Waals surface area contributed by atoms with Gasteiger partial charge in [-0.1, -0.05) is 23.9 Å². The standard InChI is InChI=1S/C21H23N3O4S/c1-4-27-18-11-7-16(8-12-18)20-23-24-21(28-20)29-14(2)19(25)22-13-15-5-9-17(26-3)10-6-15/h5-12,14H,4,13H2,1-3H3,(H,22,25)/t14-/m1/s1. The summed E-state index contributed by atoms with van der Waals surface area (Å²) < 4.78 is 16.2. The molecule has 0 aliphatic carbocycles. The fourth-order valence-corrected chi connectivity index (χ4v) is 3.22. The van der Waals surface area contributed by atoms with Gasteiger partial charge in [0.05, 0.1) is 19.0 Å². The molecule has 1 amide bonds. The molecular formula is C21H23N3O4S. The summed E-state index contributed by atoms with van der Waals surface area (Å²) in [6.07, 6.45) is 0. The second kappa shape index (κ2) is 9.97. The SMILES string of the molecule is CCOc1ccc(-c2nnc(S[C@H](C)C(=O)NCc3ccc(OC)cc3)o2)cc1. The summed E-state index contributed by atoms with van der Waals surface area (Å²) in [4.78, 5) is 12.4. The number of nitrogens with one attached hydrogen (secondary N) is 1. The van der Waals surface area contributed by atoms with E-state index >= 15 is 0 Å². The first-order chi connectivity index (χ1) is 14.1. The molecule has 2 aromatic carbocycles. The molecule has 3 aromatic rings. The molecule has 0 unspecified atom stereocenters. The van der Waals surface area contributed by atoms with Gasteiger partial charge in [0.15, 0.2) is 0 Å². The Labute approximate surface area is 173 Å². The van der Waals surface area contributed by atoms with Crippen LogP contribution in [0.4, 0.5) is 0 Å². The quantitative estimate of drug-likeness (QED) is 0.532. The number of rotatable bonds is 9. The lowest BCUT2D eigenvalue weighted by atomic mass is 10.2. The number of nitrogens with zero attached hydrogens (tertiary/aromatic N) is 2. The molecule has 1 aromatic heterocycles. The van der Waals surface area contributed by atoms with E-state index in [-0.39, 0.29) is 11.2 Å². The smallest absolute Gasteiger partial charge is 0.277 e. The molecule has 0 aliphatic heterocycles. The summed E-state index contributed by atoms with van der Waals surface area (Å²) in [6, 6.07) is 15.0. The van der Waals surface area contributed by atoms with Crippen molar-refractivity contribution in [1.82, 2.24) is 15.5 Å². The zero-order valence-electron chi connectivity index (χ0n) is 16.5. The minimum absolute atomic E-state index is 0.105. The summed E-state index contributed by atoms with van der Waals surface area (Å²) in [5.41, 5.74) is 1.79. The molecule has 3 rings (SSSR count). The molecule has 0 aliphatic rings. The molecule has 0 fully saturated rings. The lowest BCUT2D eigenvalue weighted by Crippen LogP contribution is -2.30. The number of benzene rings is 2. The summed E-state index contributed by atoms with van der Waals surface area (Å²) in [6.45, 7) is 4.78. The van der Waals surface area contributed by atoms with Gasteiger partial charge in [-0.3, -0.25) is 4.79 Å². The van der Waals surface area contributed by atoms with Gasteiger partial charge in [-0.05, 0) is 55.8 Å². The van der Waals surface area contributed by atoms with Crippen LogP contribution in [0.2, 0.25) is 0 Å². The fourth-order valence-electron chi connectivity index (χ4n) is 2.52. The minimum atomic E-state index is -0.373. The van der Waals surface area contributed by atoms with Crippen LogP contribution < -0.4 is 14.8 Å². The summed E-state index contributed by atoms with van der Waals surface area (Å²) in [5, 5.41) is 11.0. The Kier molecular flexibility index (Phi) is 7.13. The number of aromatic nitrogens is 2. The molecule has 0 saturated heterocycles. The largest absolute Gasteiger partial charge is 0.497 e. The van der Waals surface area contributed by atoms with E-state index in [1.54, 1.807) is 14.0 Å². The van der Waals surface area contributed by atoms with Gasteiger partial charge in [-0.2, -0.15) is 0 Å². The van der Waals surface area contributed by atoms with Crippen LogP contribution in [0.5, 0.6) is 11.5 Å². The van der Waals surface area contributed by atoms with E-state index in [2.05, 4.69) is 15.5 Å². The predicted octanol–water partition coefficient (Wildman–Crippen LogP) is 3.94. The van der Waals surface area contributed by atoms with E-state index in [9.17, 15) is 4.79 Å². The third kappa shape index (κ3) is 5.74. The molecule has 8 heteroatoms. The Bertz CT molecular complexity index is 926. The van der Waals surface area contributed by atoms with Crippen molar-refractivity contribution in [3.05, 3.63) is 54.1 Å². The highest BCUT2D eigenvalue weighted by Crippen LogP contribution is 2.27. The van der Waals surface area contributed by atoms with Gasteiger partial charge in [-0.25, -0.2) is 0 Å². The van der Waals surface area contributed by atoms with Gasteiger partial charge < -0.3 is 19.2 Å². The van der Waals surface area contributed by atoms with Crippen LogP contribution in [0.25, 0.3) is 11.5 Å². The number of carbonyl (C=O) groups excluding carboxylic acids is 1. The predicted molar refractivity (Wildman–Crippen MR) is 111 cm³/mol. The Hall–Kier alpha value is -3.00. The summed E-state index contributed by atoms with van der Waals surface area (Å²) in [5.74, 6) is 1.87. The molecule has 7 nitrogen and oxygen atoms in total. The van der Waals surface area contributed by atoms with E-state index in [0.29, 0.717) is 24.3 Å². The molecule has 1 heterocycles. The number of amides is 1. The van der Waals surface area contributed by atoms with E-state index < -0.39 is 0 Å². The van der Waals surface area contributed by atoms with Crippen molar-refractivity contribution in [1.29, 1.82) is 0 Å². The number of methoxy groups -OCH3 is 1. The van der Waals surface area contributed by atoms with Crippen LogP contribution in [-0.2, 0) is 11.3 Å².